The van der Waals surface area contributed by atoms with Crippen molar-refractivity contribution in [3.63, 3.8) is 0 Å². The first-order chi connectivity index (χ1) is 11.4. The SMILES string of the molecule is CC(C)(CNC(=O)OC(C)(C)C)CNS(=O)c1ccccc1[N+](=O)[O-]. The molecular formula is C16H25N3O5S. The van der Waals surface area contributed by atoms with Gasteiger partial charge in [0.2, 0.25) is 0 Å². The fraction of sp³-hybridized carbons (Fsp3) is 0.562. The number of hydrogen-bond acceptors (Lipinski definition) is 5. The minimum absolute atomic E-state index is 0.114. The van der Waals surface area contributed by atoms with Crippen LogP contribution in [-0.4, -0.2) is 33.9 Å². The summed E-state index contributed by atoms with van der Waals surface area (Å²) >= 11 is 0. The third kappa shape index (κ3) is 7.61. The van der Waals surface area contributed by atoms with Gasteiger partial charge >= 0.3 is 6.09 Å². The molecule has 0 aliphatic heterocycles. The Labute approximate surface area is 150 Å². The molecule has 0 aliphatic carbocycles. The zero-order chi connectivity index (χ0) is 19.3. The van der Waals surface area contributed by atoms with Gasteiger partial charge in [0.15, 0.2) is 0 Å². The fourth-order valence-electron chi connectivity index (χ4n) is 1.79. The summed E-state index contributed by atoms with van der Waals surface area (Å²) in [6.07, 6.45) is -0.527. The first kappa shape index (κ1) is 21.0. The second kappa shape index (κ2) is 8.39. The molecule has 1 unspecified atom stereocenters. The Morgan fingerprint density at radius 3 is 2.36 bits per heavy atom. The van der Waals surface area contributed by atoms with Crippen molar-refractivity contribution < 1.29 is 18.7 Å². The summed E-state index contributed by atoms with van der Waals surface area (Å²) in [6, 6.07) is 5.88. The lowest BCUT2D eigenvalue weighted by Gasteiger charge is -2.26. The van der Waals surface area contributed by atoms with Gasteiger partial charge in [-0.1, -0.05) is 26.0 Å². The van der Waals surface area contributed by atoms with Gasteiger partial charge in [-0.2, -0.15) is 0 Å². The standard InChI is InChI=1S/C16H25N3O5S/c1-15(2,3)24-14(20)17-10-16(4,5)11-18-25(23)13-9-7-6-8-12(13)19(21)22/h6-9,18H,10-11H2,1-5H3,(H,17,20). The predicted octanol–water partition coefficient (Wildman–Crippen LogP) is 2.76. The van der Waals surface area contributed by atoms with Crippen LogP contribution in [0.4, 0.5) is 10.5 Å². The Hall–Kier alpha value is -2.00. The zero-order valence-corrected chi connectivity index (χ0v) is 15.9. The van der Waals surface area contributed by atoms with E-state index in [1.165, 1.54) is 18.2 Å². The molecule has 1 rings (SSSR count). The maximum absolute atomic E-state index is 12.3. The number of benzene rings is 1. The van der Waals surface area contributed by atoms with Crippen molar-refractivity contribution in [3.8, 4) is 0 Å². The van der Waals surface area contributed by atoms with E-state index >= 15 is 0 Å². The Bertz CT molecular complexity index is 655. The van der Waals surface area contributed by atoms with Gasteiger partial charge in [-0.25, -0.2) is 13.7 Å². The molecule has 2 N–H and O–H groups in total. The summed E-state index contributed by atoms with van der Waals surface area (Å²) < 4.78 is 20.3. The third-order valence-electron chi connectivity index (χ3n) is 3.05. The van der Waals surface area contributed by atoms with Crippen LogP contribution in [0.15, 0.2) is 29.2 Å². The van der Waals surface area contributed by atoms with Crippen LogP contribution in [0.2, 0.25) is 0 Å². The Morgan fingerprint density at radius 2 is 1.80 bits per heavy atom. The molecule has 0 saturated carbocycles. The number of para-hydroxylation sites is 1. The quantitative estimate of drug-likeness (QED) is 0.565. The normalized spacial score (nSPS) is 13.2. The van der Waals surface area contributed by atoms with Gasteiger partial charge < -0.3 is 10.1 Å². The summed E-state index contributed by atoms with van der Waals surface area (Å²) in [5.74, 6) is 0. The molecule has 9 heteroatoms. The Kier molecular flexibility index (Phi) is 7.06. The van der Waals surface area contributed by atoms with E-state index in [1.54, 1.807) is 26.8 Å². The van der Waals surface area contributed by atoms with Gasteiger partial charge in [-0.05, 0) is 32.3 Å². The number of ether oxygens (including phenoxy) is 1. The van der Waals surface area contributed by atoms with Gasteiger partial charge in [0.05, 0.1) is 4.92 Å². The summed E-state index contributed by atoms with van der Waals surface area (Å²) in [4.78, 5) is 22.2. The summed E-state index contributed by atoms with van der Waals surface area (Å²) in [6.45, 7) is 9.63. The highest BCUT2D eigenvalue weighted by atomic mass is 32.2. The van der Waals surface area contributed by atoms with E-state index in [0.29, 0.717) is 6.54 Å². The van der Waals surface area contributed by atoms with Crippen LogP contribution in [0.3, 0.4) is 0 Å². The molecule has 0 aliphatic rings. The lowest BCUT2D eigenvalue weighted by molar-refractivity contribution is -0.387. The fourth-order valence-corrected chi connectivity index (χ4v) is 3.00. The van der Waals surface area contributed by atoms with Crippen molar-refractivity contribution in [2.75, 3.05) is 13.1 Å². The van der Waals surface area contributed by atoms with Crippen molar-refractivity contribution in [1.82, 2.24) is 10.0 Å². The second-order valence-corrected chi connectivity index (χ2v) is 8.60. The summed E-state index contributed by atoms with van der Waals surface area (Å²) in [5, 5.41) is 13.7. The minimum Gasteiger partial charge on any atom is -0.444 e. The minimum atomic E-state index is -1.73. The highest BCUT2D eigenvalue weighted by Crippen LogP contribution is 2.21. The average Bonchev–Trinajstić information content (AvgIpc) is 2.49. The third-order valence-corrected chi connectivity index (χ3v) is 4.20. The number of carbonyl (C=O) groups is 1. The molecule has 140 valence electrons. The lowest BCUT2D eigenvalue weighted by atomic mass is 9.94. The number of nitro benzene ring substituents is 1. The molecule has 1 aromatic carbocycles. The predicted molar refractivity (Wildman–Crippen MR) is 95.5 cm³/mol. The van der Waals surface area contributed by atoms with Crippen molar-refractivity contribution in [1.29, 1.82) is 0 Å². The topological polar surface area (TPSA) is 111 Å². The number of hydrogen-bond donors (Lipinski definition) is 2. The molecule has 1 atom stereocenters. The maximum atomic E-state index is 12.3. The molecule has 1 amide bonds. The number of alkyl carbamates (subject to hydrolysis) is 1. The van der Waals surface area contributed by atoms with Crippen LogP contribution >= 0.6 is 0 Å². The van der Waals surface area contributed by atoms with Gasteiger partial charge in [0.1, 0.15) is 21.5 Å². The molecule has 25 heavy (non-hydrogen) atoms. The molecule has 0 fully saturated rings. The highest BCUT2D eigenvalue weighted by molar-refractivity contribution is 7.83. The van der Waals surface area contributed by atoms with Crippen molar-refractivity contribution in [3.05, 3.63) is 34.4 Å². The monoisotopic (exact) mass is 371 g/mol. The van der Waals surface area contributed by atoms with E-state index in [9.17, 15) is 19.1 Å². The van der Waals surface area contributed by atoms with E-state index < -0.39 is 33.0 Å². The molecular weight excluding hydrogens is 346 g/mol. The number of amides is 1. The first-order valence-electron chi connectivity index (χ1n) is 7.77. The Balaban J connectivity index is 2.60. The van der Waals surface area contributed by atoms with E-state index in [1.807, 2.05) is 13.8 Å². The van der Waals surface area contributed by atoms with Crippen LogP contribution in [0.1, 0.15) is 34.6 Å². The van der Waals surface area contributed by atoms with Crippen LogP contribution < -0.4 is 10.0 Å². The van der Waals surface area contributed by atoms with E-state index in [2.05, 4.69) is 10.0 Å². The summed E-state index contributed by atoms with van der Waals surface area (Å²) in [5.41, 5.74) is -1.21. The van der Waals surface area contributed by atoms with Gasteiger partial charge in [0.25, 0.3) is 5.69 Å². The van der Waals surface area contributed by atoms with Gasteiger partial charge in [0, 0.05) is 19.2 Å². The average molecular weight is 371 g/mol. The lowest BCUT2D eigenvalue weighted by Crippen LogP contribution is -2.42. The zero-order valence-electron chi connectivity index (χ0n) is 15.1. The van der Waals surface area contributed by atoms with Crippen LogP contribution in [0.25, 0.3) is 0 Å². The van der Waals surface area contributed by atoms with E-state index in [0.717, 1.165) is 0 Å². The van der Waals surface area contributed by atoms with Crippen LogP contribution in [-0.2, 0) is 15.7 Å². The molecule has 0 bridgehead atoms. The molecule has 0 aromatic heterocycles. The largest absolute Gasteiger partial charge is 0.444 e. The van der Waals surface area contributed by atoms with Gasteiger partial charge in [-0.15, -0.1) is 0 Å². The smallest absolute Gasteiger partial charge is 0.407 e. The maximum Gasteiger partial charge on any atom is 0.407 e. The first-order valence-corrected chi connectivity index (χ1v) is 8.92. The Morgan fingerprint density at radius 1 is 1.20 bits per heavy atom. The number of nitrogens with one attached hydrogen (secondary N) is 2. The summed E-state index contributed by atoms with van der Waals surface area (Å²) in [7, 11) is -1.73. The van der Waals surface area contributed by atoms with Crippen molar-refractivity contribution in [2.45, 2.75) is 45.1 Å². The van der Waals surface area contributed by atoms with Crippen LogP contribution in [0.5, 0.6) is 0 Å². The molecule has 0 heterocycles. The van der Waals surface area contributed by atoms with Crippen LogP contribution in [0, 0.1) is 15.5 Å². The number of nitro groups is 1. The molecule has 0 saturated heterocycles. The molecule has 0 radical (unpaired) electrons. The van der Waals surface area contributed by atoms with Gasteiger partial charge in [-0.3, -0.25) is 10.1 Å². The van der Waals surface area contributed by atoms with E-state index in [-0.39, 0.29) is 17.1 Å². The molecule has 1 aromatic rings. The van der Waals surface area contributed by atoms with Crippen molar-refractivity contribution >= 4 is 22.8 Å². The number of rotatable bonds is 7. The number of carbonyl (C=O) groups excluding carboxylic acids is 1. The second-order valence-electron chi connectivity index (χ2n) is 7.33. The molecule has 8 nitrogen and oxygen atoms in total. The van der Waals surface area contributed by atoms with E-state index in [4.69, 9.17) is 4.74 Å². The number of nitrogens with zero attached hydrogens (tertiary/aromatic N) is 1. The van der Waals surface area contributed by atoms with Crippen molar-refractivity contribution in [2.24, 2.45) is 5.41 Å². The highest BCUT2D eigenvalue weighted by Gasteiger charge is 2.24. The molecule has 0 spiro atoms.